The molecule has 1 saturated carbocycles. The minimum Gasteiger partial charge on any atom is -0.480 e. The van der Waals surface area contributed by atoms with E-state index in [1.807, 2.05) is 22.4 Å². The van der Waals surface area contributed by atoms with Crippen LogP contribution in [0.3, 0.4) is 0 Å². The molecule has 0 radical (unpaired) electrons. The van der Waals surface area contributed by atoms with E-state index in [1.165, 1.54) is 0 Å². The number of likely N-dealkylation sites (tertiary alicyclic amines) is 1. The first kappa shape index (κ1) is 17.4. The van der Waals surface area contributed by atoms with Gasteiger partial charge in [0, 0.05) is 18.5 Å². The van der Waals surface area contributed by atoms with E-state index in [0.717, 1.165) is 24.1 Å². The minimum atomic E-state index is -0.962. The number of carboxylic acid groups (broad SMARTS) is 1. The number of carbonyl (C=O) groups is 2. The number of hydrogen-bond acceptors (Lipinski definition) is 5. The lowest BCUT2D eigenvalue weighted by atomic mass is 9.79. The van der Waals surface area contributed by atoms with Crippen molar-refractivity contribution in [3.05, 3.63) is 22.4 Å². The summed E-state index contributed by atoms with van der Waals surface area (Å²) in [5.74, 6) is -0.851. The molecular weight excluding hydrogens is 330 g/mol. The van der Waals surface area contributed by atoms with E-state index in [1.54, 1.807) is 18.4 Å². The first-order valence-electron chi connectivity index (χ1n) is 8.24. The maximum absolute atomic E-state index is 12.7. The van der Waals surface area contributed by atoms with Crippen molar-refractivity contribution >= 4 is 23.2 Å². The second-order valence-electron chi connectivity index (χ2n) is 6.48. The zero-order valence-corrected chi connectivity index (χ0v) is 14.6. The molecule has 1 N–H and O–H groups in total. The second kappa shape index (κ2) is 7.21. The van der Waals surface area contributed by atoms with E-state index in [9.17, 15) is 9.59 Å². The van der Waals surface area contributed by atoms with Crippen molar-refractivity contribution < 1.29 is 24.2 Å². The van der Waals surface area contributed by atoms with Crippen molar-refractivity contribution in [1.29, 1.82) is 0 Å². The Labute approximate surface area is 145 Å². The molecule has 132 valence electrons. The van der Waals surface area contributed by atoms with Gasteiger partial charge in [0.2, 0.25) is 5.91 Å². The molecule has 1 saturated heterocycles. The van der Waals surface area contributed by atoms with E-state index < -0.39 is 5.97 Å². The number of carboxylic acids is 1. The first-order chi connectivity index (χ1) is 11.5. The number of hydrogen-bond donors (Lipinski definition) is 1. The van der Waals surface area contributed by atoms with Crippen molar-refractivity contribution in [2.75, 3.05) is 20.3 Å². The number of amides is 1. The van der Waals surface area contributed by atoms with Crippen LogP contribution < -0.4 is 0 Å². The second-order valence-corrected chi connectivity index (χ2v) is 7.51. The maximum atomic E-state index is 12.7. The largest absolute Gasteiger partial charge is 0.480 e. The van der Waals surface area contributed by atoms with Crippen molar-refractivity contribution in [1.82, 2.24) is 4.90 Å². The molecule has 3 atom stereocenters. The molecule has 2 aliphatic rings. The Morgan fingerprint density at radius 3 is 2.96 bits per heavy atom. The summed E-state index contributed by atoms with van der Waals surface area (Å²) in [4.78, 5) is 26.4. The summed E-state index contributed by atoms with van der Waals surface area (Å²) in [6, 6.07) is 3.89. The van der Waals surface area contributed by atoms with Crippen LogP contribution >= 0.6 is 11.3 Å². The highest BCUT2D eigenvalue weighted by molar-refractivity contribution is 7.10. The van der Waals surface area contributed by atoms with Crippen LogP contribution in [0.4, 0.5) is 0 Å². The average Bonchev–Trinajstić information content (AvgIpc) is 3.20. The monoisotopic (exact) mass is 353 g/mol. The predicted molar refractivity (Wildman–Crippen MR) is 89.1 cm³/mol. The number of aliphatic carboxylic acids is 1. The van der Waals surface area contributed by atoms with Gasteiger partial charge in [-0.2, -0.15) is 0 Å². The number of carbonyl (C=O) groups excluding carboxylic acids is 1. The van der Waals surface area contributed by atoms with Gasteiger partial charge in [0.15, 0.2) is 0 Å². The fourth-order valence-electron chi connectivity index (χ4n) is 3.96. The summed E-state index contributed by atoms with van der Waals surface area (Å²) in [6.07, 6.45) is 3.30. The van der Waals surface area contributed by atoms with Crippen LogP contribution in [0.5, 0.6) is 0 Å². The molecular formula is C17H23NO5S. The smallest absolute Gasteiger partial charge is 0.329 e. The normalized spacial score (nSPS) is 29.5. The van der Waals surface area contributed by atoms with Gasteiger partial charge in [0.1, 0.15) is 6.61 Å². The Kier molecular flexibility index (Phi) is 5.22. The van der Waals surface area contributed by atoms with Crippen LogP contribution in [0.1, 0.15) is 30.6 Å². The zero-order chi connectivity index (χ0) is 17.2. The lowest BCUT2D eigenvalue weighted by Crippen LogP contribution is -2.53. The van der Waals surface area contributed by atoms with Gasteiger partial charge in [0.25, 0.3) is 0 Å². The van der Waals surface area contributed by atoms with E-state index in [-0.39, 0.29) is 30.3 Å². The van der Waals surface area contributed by atoms with Gasteiger partial charge in [-0.1, -0.05) is 6.07 Å². The molecule has 2 heterocycles. The summed E-state index contributed by atoms with van der Waals surface area (Å²) in [5, 5.41) is 10.8. The third-order valence-electron chi connectivity index (χ3n) is 5.21. The molecule has 0 spiro atoms. The third kappa shape index (κ3) is 3.48. The summed E-state index contributed by atoms with van der Waals surface area (Å²) in [6.45, 7) is 0.398. The SMILES string of the molecule is CO[C@]12CC[C@H](OCC(=O)O)C[C@H]1N(C(=O)Cc1cccs1)CC2. The molecule has 7 heteroatoms. The standard InChI is InChI=1S/C17H23NO5S/c1-22-17-5-4-12(23-11-16(20)21)9-14(17)18(7-6-17)15(19)10-13-3-2-8-24-13/h2-3,8,12,14H,4-7,9-11H2,1H3,(H,20,21)/t12-,14+,17-/m0/s1. The fraction of sp³-hybridized carbons (Fsp3) is 0.647. The van der Waals surface area contributed by atoms with Crippen LogP contribution in [0.2, 0.25) is 0 Å². The van der Waals surface area contributed by atoms with Gasteiger partial charge in [-0.05, 0) is 37.1 Å². The van der Waals surface area contributed by atoms with Crippen LogP contribution in [0, 0.1) is 0 Å². The summed E-state index contributed by atoms with van der Waals surface area (Å²) < 4.78 is 11.3. The molecule has 2 fully saturated rings. The Hall–Kier alpha value is -1.44. The first-order valence-corrected chi connectivity index (χ1v) is 9.12. The van der Waals surface area contributed by atoms with Crippen LogP contribution in [0.15, 0.2) is 17.5 Å². The van der Waals surface area contributed by atoms with Crippen LogP contribution in [0.25, 0.3) is 0 Å². The minimum absolute atomic E-state index is 0.0393. The number of nitrogens with zero attached hydrogens (tertiary/aromatic N) is 1. The van der Waals surface area contributed by atoms with E-state index >= 15 is 0 Å². The predicted octanol–water partition coefficient (Wildman–Crippen LogP) is 1.93. The number of fused-ring (bicyclic) bond motifs is 1. The summed E-state index contributed by atoms with van der Waals surface area (Å²) >= 11 is 1.59. The van der Waals surface area contributed by atoms with Crippen molar-refractivity contribution in [3.63, 3.8) is 0 Å². The van der Waals surface area contributed by atoms with Crippen molar-refractivity contribution in [2.24, 2.45) is 0 Å². The lowest BCUT2D eigenvalue weighted by molar-refractivity contribution is -0.151. The number of thiophene rings is 1. The van der Waals surface area contributed by atoms with Crippen LogP contribution in [-0.2, 0) is 25.5 Å². The molecule has 0 aromatic carbocycles. The molecule has 1 aliphatic carbocycles. The van der Waals surface area contributed by atoms with Gasteiger partial charge in [-0.3, -0.25) is 4.79 Å². The highest BCUT2D eigenvalue weighted by Crippen LogP contribution is 2.43. The number of ether oxygens (including phenoxy) is 2. The van der Waals surface area contributed by atoms with Gasteiger partial charge in [0.05, 0.1) is 24.2 Å². The van der Waals surface area contributed by atoms with E-state index in [2.05, 4.69) is 0 Å². The molecule has 6 nitrogen and oxygen atoms in total. The molecule has 1 aromatic heterocycles. The lowest BCUT2D eigenvalue weighted by Gasteiger charge is -2.43. The maximum Gasteiger partial charge on any atom is 0.329 e. The van der Waals surface area contributed by atoms with Gasteiger partial charge in [-0.15, -0.1) is 11.3 Å². The van der Waals surface area contributed by atoms with E-state index in [0.29, 0.717) is 19.4 Å². The van der Waals surface area contributed by atoms with Crippen molar-refractivity contribution in [2.45, 2.75) is 49.9 Å². The molecule has 24 heavy (non-hydrogen) atoms. The fourth-order valence-corrected chi connectivity index (χ4v) is 4.66. The van der Waals surface area contributed by atoms with Gasteiger partial charge >= 0.3 is 5.97 Å². The zero-order valence-electron chi connectivity index (χ0n) is 13.8. The Balaban J connectivity index is 1.69. The molecule has 1 aromatic rings. The third-order valence-corrected chi connectivity index (χ3v) is 6.09. The molecule has 1 aliphatic heterocycles. The topological polar surface area (TPSA) is 76.1 Å². The van der Waals surface area contributed by atoms with Crippen molar-refractivity contribution in [3.8, 4) is 0 Å². The Bertz CT molecular complexity index is 590. The Morgan fingerprint density at radius 1 is 1.46 bits per heavy atom. The summed E-state index contributed by atoms with van der Waals surface area (Å²) in [7, 11) is 1.71. The molecule has 3 rings (SSSR count). The number of rotatable bonds is 6. The Morgan fingerprint density at radius 2 is 2.29 bits per heavy atom. The highest BCUT2D eigenvalue weighted by Gasteiger charge is 2.52. The van der Waals surface area contributed by atoms with Gasteiger partial charge < -0.3 is 19.5 Å². The number of methoxy groups -OCH3 is 1. The van der Waals surface area contributed by atoms with E-state index in [4.69, 9.17) is 14.6 Å². The average molecular weight is 353 g/mol. The molecule has 0 bridgehead atoms. The van der Waals surface area contributed by atoms with Gasteiger partial charge in [-0.25, -0.2) is 4.79 Å². The quantitative estimate of drug-likeness (QED) is 0.846. The summed E-state index contributed by atoms with van der Waals surface area (Å²) in [5.41, 5.74) is -0.311. The van der Waals surface area contributed by atoms with Crippen LogP contribution in [-0.4, -0.2) is 59.9 Å². The molecule has 0 unspecified atom stereocenters. The highest BCUT2D eigenvalue weighted by atomic mass is 32.1. The molecule has 1 amide bonds.